The highest BCUT2D eigenvalue weighted by Gasteiger charge is 2.11. The summed E-state index contributed by atoms with van der Waals surface area (Å²) in [7, 11) is 0. The van der Waals surface area contributed by atoms with Gasteiger partial charge in [-0.05, 0) is 41.8 Å². The van der Waals surface area contributed by atoms with Crippen LogP contribution in [0.4, 0.5) is 5.69 Å². The van der Waals surface area contributed by atoms with Gasteiger partial charge in [-0.1, -0.05) is 24.3 Å². The predicted octanol–water partition coefficient (Wildman–Crippen LogP) is 3.09. The molecule has 0 unspecified atom stereocenters. The van der Waals surface area contributed by atoms with E-state index in [-0.39, 0.29) is 11.5 Å². The van der Waals surface area contributed by atoms with E-state index >= 15 is 0 Å². The third kappa shape index (κ3) is 3.53. The molecule has 2 heterocycles. The van der Waals surface area contributed by atoms with Crippen LogP contribution in [0, 0.1) is 0 Å². The van der Waals surface area contributed by atoms with Crippen LogP contribution in [0.1, 0.15) is 20.0 Å². The van der Waals surface area contributed by atoms with Gasteiger partial charge in [0.05, 0.1) is 15.8 Å². The number of nitrogens with zero attached hydrogens (tertiary/aromatic N) is 2. The van der Waals surface area contributed by atoms with Gasteiger partial charge >= 0.3 is 0 Å². The monoisotopic (exact) mass is 390 g/mol. The molecule has 8 heteroatoms. The molecular weight excluding hydrogens is 376 g/mol. The van der Waals surface area contributed by atoms with Gasteiger partial charge in [0, 0.05) is 11.3 Å². The lowest BCUT2D eigenvalue weighted by molar-refractivity contribution is 0.100. The van der Waals surface area contributed by atoms with Crippen molar-refractivity contribution in [1.29, 1.82) is 0 Å². The summed E-state index contributed by atoms with van der Waals surface area (Å²) in [4.78, 5) is 42.0. The van der Waals surface area contributed by atoms with Gasteiger partial charge < -0.3 is 5.32 Å². The fourth-order valence-electron chi connectivity index (χ4n) is 2.66. The number of rotatable bonds is 4. The van der Waals surface area contributed by atoms with Crippen LogP contribution < -0.4 is 16.3 Å². The quantitative estimate of drug-likeness (QED) is 0.560. The minimum Gasteiger partial charge on any atom is -0.321 e. The van der Waals surface area contributed by atoms with Crippen LogP contribution in [-0.4, -0.2) is 21.5 Å². The lowest BCUT2D eigenvalue weighted by atomic mass is 10.2. The van der Waals surface area contributed by atoms with E-state index in [1.165, 1.54) is 17.7 Å². The number of anilines is 1. The SMILES string of the molecule is O=C(Nn1cnc2ccccc2c1=O)c1cccc(NC(=O)c2cccs2)c1. The number of para-hydroxylation sites is 1. The molecule has 0 radical (unpaired) electrons. The summed E-state index contributed by atoms with van der Waals surface area (Å²) < 4.78 is 1.04. The first kappa shape index (κ1) is 17.6. The van der Waals surface area contributed by atoms with E-state index in [9.17, 15) is 14.4 Å². The number of hydrogen-bond donors (Lipinski definition) is 2. The molecular formula is C20H14N4O3S. The molecule has 7 nitrogen and oxygen atoms in total. The number of fused-ring (bicyclic) bond motifs is 1. The molecule has 0 aliphatic rings. The molecule has 2 aromatic heterocycles. The van der Waals surface area contributed by atoms with E-state index in [0.29, 0.717) is 27.0 Å². The van der Waals surface area contributed by atoms with Crippen molar-refractivity contribution in [3.63, 3.8) is 0 Å². The Labute approximate surface area is 163 Å². The van der Waals surface area contributed by atoms with Crippen LogP contribution in [0.3, 0.4) is 0 Å². The van der Waals surface area contributed by atoms with Crippen molar-refractivity contribution in [3.05, 3.63) is 93.2 Å². The first-order chi connectivity index (χ1) is 13.6. The van der Waals surface area contributed by atoms with Crippen molar-refractivity contribution in [2.75, 3.05) is 10.7 Å². The van der Waals surface area contributed by atoms with Crippen molar-refractivity contribution < 1.29 is 9.59 Å². The Bertz CT molecular complexity index is 1230. The smallest absolute Gasteiger partial charge is 0.280 e. The van der Waals surface area contributed by atoms with E-state index < -0.39 is 5.91 Å². The molecule has 138 valence electrons. The van der Waals surface area contributed by atoms with Crippen LogP contribution in [0.5, 0.6) is 0 Å². The van der Waals surface area contributed by atoms with E-state index in [1.54, 1.807) is 60.7 Å². The summed E-state index contributed by atoms with van der Waals surface area (Å²) in [5, 5.41) is 4.97. The normalized spacial score (nSPS) is 10.6. The predicted molar refractivity (Wildman–Crippen MR) is 108 cm³/mol. The van der Waals surface area contributed by atoms with Gasteiger partial charge in [0.1, 0.15) is 6.33 Å². The Balaban J connectivity index is 1.55. The molecule has 0 atom stereocenters. The van der Waals surface area contributed by atoms with Crippen molar-refractivity contribution in [3.8, 4) is 0 Å². The first-order valence-electron chi connectivity index (χ1n) is 8.34. The van der Waals surface area contributed by atoms with Gasteiger partial charge in [-0.15, -0.1) is 11.3 Å². The number of benzene rings is 2. The van der Waals surface area contributed by atoms with Gasteiger partial charge in [0.25, 0.3) is 17.4 Å². The van der Waals surface area contributed by atoms with Crippen molar-refractivity contribution in [2.45, 2.75) is 0 Å². The maximum absolute atomic E-state index is 12.6. The van der Waals surface area contributed by atoms with E-state index in [4.69, 9.17) is 0 Å². The average molecular weight is 390 g/mol. The molecule has 0 saturated carbocycles. The number of hydrogen-bond acceptors (Lipinski definition) is 5. The van der Waals surface area contributed by atoms with Gasteiger partial charge in [0.15, 0.2) is 0 Å². The standard InChI is InChI=1S/C20H14N4O3S/c25-18(23-24-12-21-16-8-2-1-7-15(16)20(24)27)13-5-3-6-14(11-13)22-19(26)17-9-4-10-28-17/h1-12H,(H,22,26)(H,23,25). The average Bonchev–Trinajstić information content (AvgIpc) is 3.25. The number of aromatic nitrogens is 2. The minimum atomic E-state index is -0.494. The molecule has 0 saturated heterocycles. The highest BCUT2D eigenvalue weighted by molar-refractivity contribution is 7.12. The van der Waals surface area contributed by atoms with Crippen LogP contribution in [0.15, 0.2) is 77.2 Å². The lowest BCUT2D eigenvalue weighted by Gasteiger charge is -2.10. The fraction of sp³-hybridized carbons (Fsp3) is 0. The first-order valence-corrected chi connectivity index (χ1v) is 9.22. The zero-order valence-corrected chi connectivity index (χ0v) is 15.3. The fourth-order valence-corrected chi connectivity index (χ4v) is 3.28. The molecule has 2 N–H and O–H groups in total. The number of nitrogens with one attached hydrogen (secondary N) is 2. The Morgan fingerprint density at radius 2 is 1.82 bits per heavy atom. The molecule has 0 aliphatic heterocycles. The van der Waals surface area contributed by atoms with Crippen molar-refractivity contribution in [1.82, 2.24) is 9.66 Å². The zero-order chi connectivity index (χ0) is 19.5. The van der Waals surface area contributed by atoms with Crippen molar-refractivity contribution >= 4 is 39.7 Å². The topological polar surface area (TPSA) is 93.1 Å². The summed E-state index contributed by atoms with van der Waals surface area (Å²) in [5.74, 6) is -0.742. The van der Waals surface area contributed by atoms with E-state index in [0.717, 1.165) is 4.68 Å². The highest BCUT2D eigenvalue weighted by Crippen LogP contribution is 2.15. The lowest BCUT2D eigenvalue weighted by Crippen LogP contribution is -2.33. The largest absolute Gasteiger partial charge is 0.321 e. The van der Waals surface area contributed by atoms with Gasteiger partial charge in [0.2, 0.25) is 0 Å². The molecule has 28 heavy (non-hydrogen) atoms. The van der Waals surface area contributed by atoms with Gasteiger partial charge in [-0.3, -0.25) is 19.8 Å². The number of carbonyl (C=O) groups is 2. The molecule has 2 aromatic carbocycles. The molecule has 0 spiro atoms. The van der Waals surface area contributed by atoms with Crippen LogP contribution in [0.2, 0.25) is 0 Å². The molecule has 0 fully saturated rings. The van der Waals surface area contributed by atoms with Gasteiger partial charge in [-0.25, -0.2) is 9.66 Å². The number of thiophene rings is 1. The Morgan fingerprint density at radius 3 is 2.64 bits per heavy atom. The maximum Gasteiger partial charge on any atom is 0.280 e. The summed E-state index contributed by atoms with van der Waals surface area (Å²) in [6, 6.07) is 16.9. The molecule has 4 aromatic rings. The van der Waals surface area contributed by atoms with E-state index in [2.05, 4.69) is 15.7 Å². The molecule has 2 amide bonds. The second kappa shape index (κ2) is 7.45. The van der Waals surface area contributed by atoms with Gasteiger partial charge in [-0.2, -0.15) is 0 Å². The molecule has 0 aliphatic carbocycles. The molecule has 4 rings (SSSR count). The third-order valence-corrected chi connectivity index (χ3v) is 4.88. The van der Waals surface area contributed by atoms with Crippen molar-refractivity contribution in [2.24, 2.45) is 0 Å². The second-order valence-electron chi connectivity index (χ2n) is 5.89. The maximum atomic E-state index is 12.6. The minimum absolute atomic E-state index is 0.248. The Morgan fingerprint density at radius 1 is 0.964 bits per heavy atom. The summed E-state index contributed by atoms with van der Waals surface area (Å²) in [6.45, 7) is 0. The van der Waals surface area contributed by atoms with Crippen LogP contribution >= 0.6 is 11.3 Å². The zero-order valence-electron chi connectivity index (χ0n) is 14.5. The summed E-state index contributed by atoms with van der Waals surface area (Å²) in [6.07, 6.45) is 1.27. The summed E-state index contributed by atoms with van der Waals surface area (Å²) in [5.41, 5.74) is 3.47. The van der Waals surface area contributed by atoms with Crippen LogP contribution in [-0.2, 0) is 0 Å². The number of carbonyl (C=O) groups excluding carboxylic acids is 2. The Hall–Kier alpha value is -3.78. The van der Waals surface area contributed by atoms with Crippen LogP contribution in [0.25, 0.3) is 10.9 Å². The molecule has 0 bridgehead atoms. The summed E-state index contributed by atoms with van der Waals surface area (Å²) >= 11 is 1.33. The van der Waals surface area contributed by atoms with E-state index in [1.807, 2.05) is 5.38 Å². The third-order valence-electron chi connectivity index (χ3n) is 4.02. The Kier molecular flexibility index (Phi) is 4.69. The highest BCUT2D eigenvalue weighted by atomic mass is 32.1. The second-order valence-corrected chi connectivity index (χ2v) is 6.84. The number of amides is 2.